The molecular weight excluding hydrogens is 244 g/mol. The van der Waals surface area contributed by atoms with Gasteiger partial charge in [-0.2, -0.15) is 0 Å². The minimum Gasteiger partial charge on any atom is -0.464 e. The molecule has 0 aliphatic carbocycles. The molecule has 0 spiro atoms. The lowest BCUT2D eigenvalue weighted by atomic mass is 10.1. The van der Waals surface area contributed by atoms with Crippen molar-refractivity contribution in [2.45, 2.75) is 45.4 Å². The first kappa shape index (κ1) is 16.1. The van der Waals surface area contributed by atoms with Crippen LogP contribution in [0.1, 0.15) is 45.4 Å². The molecule has 0 unspecified atom stereocenters. The minimum atomic E-state index is -0.506. The zero-order valence-corrected chi connectivity index (χ0v) is 10.9. The number of ketones is 2. The number of rotatable bonds is 10. The van der Waals surface area contributed by atoms with Gasteiger partial charge in [-0.25, -0.2) is 0 Å². The molecule has 0 rings (SSSR count). The molecule has 0 N–H and O–H groups in total. The Bertz CT molecular complexity index is 263. The van der Waals surface area contributed by atoms with Crippen LogP contribution in [0.2, 0.25) is 0 Å². The molecule has 0 aromatic heterocycles. The summed E-state index contributed by atoms with van der Waals surface area (Å²) in [6.07, 6.45) is 3.24. The van der Waals surface area contributed by atoms with Gasteiger partial charge >= 0.3 is 5.97 Å². The third kappa shape index (κ3) is 10.00. The Morgan fingerprint density at radius 3 is 2.12 bits per heavy atom. The Hall–Kier alpha value is -0.900. The molecule has 0 bridgehead atoms. The Morgan fingerprint density at radius 2 is 1.59 bits per heavy atom. The van der Waals surface area contributed by atoms with Gasteiger partial charge in [-0.1, -0.05) is 6.92 Å². The average molecular weight is 263 g/mol. The highest BCUT2D eigenvalue weighted by Gasteiger charge is 2.05. The van der Waals surface area contributed by atoms with Crippen LogP contribution in [-0.4, -0.2) is 30.0 Å². The molecule has 0 saturated carbocycles. The van der Waals surface area contributed by atoms with E-state index in [4.69, 9.17) is 11.6 Å². The molecular formula is C12H19ClO4. The fourth-order valence-corrected chi connectivity index (χ4v) is 1.34. The van der Waals surface area contributed by atoms with Crippen molar-refractivity contribution in [3.8, 4) is 0 Å². The molecule has 0 aromatic rings. The van der Waals surface area contributed by atoms with Crippen molar-refractivity contribution in [1.29, 1.82) is 0 Å². The van der Waals surface area contributed by atoms with Crippen LogP contribution >= 0.6 is 11.6 Å². The van der Waals surface area contributed by atoms with E-state index in [1.54, 1.807) is 0 Å². The van der Waals surface area contributed by atoms with Crippen molar-refractivity contribution in [2.24, 2.45) is 0 Å². The summed E-state index contributed by atoms with van der Waals surface area (Å²) in [7, 11) is 0. The number of Topliss-reactive ketones (excluding diaryl/α,β-unsaturated/α-hetero) is 2. The van der Waals surface area contributed by atoms with E-state index < -0.39 is 5.97 Å². The molecule has 0 aliphatic rings. The van der Waals surface area contributed by atoms with Gasteiger partial charge < -0.3 is 4.74 Å². The second-order valence-corrected chi connectivity index (χ2v) is 4.01. The highest BCUT2D eigenvalue weighted by molar-refractivity contribution is 6.26. The quantitative estimate of drug-likeness (QED) is 0.344. The number of hydrogen-bond donors (Lipinski definition) is 0. The number of esters is 1. The first-order valence-corrected chi connectivity index (χ1v) is 6.38. The SMILES string of the molecule is CCC(=O)CCCCC(=O)CCOC(=O)CCl. The average Bonchev–Trinajstić information content (AvgIpc) is 2.33. The number of hydrogen-bond acceptors (Lipinski definition) is 4. The zero-order valence-electron chi connectivity index (χ0n) is 10.2. The molecule has 0 fully saturated rings. The number of carbonyl (C=O) groups is 3. The molecule has 17 heavy (non-hydrogen) atoms. The lowest BCUT2D eigenvalue weighted by Gasteiger charge is -2.02. The van der Waals surface area contributed by atoms with Gasteiger partial charge in [0.05, 0.1) is 6.61 Å². The first-order chi connectivity index (χ1) is 8.10. The van der Waals surface area contributed by atoms with E-state index in [9.17, 15) is 14.4 Å². The molecule has 0 amide bonds. The maximum absolute atomic E-state index is 11.3. The smallest absolute Gasteiger partial charge is 0.320 e. The minimum absolute atomic E-state index is 0.0521. The first-order valence-electron chi connectivity index (χ1n) is 5.85. The van der Waals surface area contributed by atoms with Crippen molar-refractivity contribution in [3.63, 3.8) is 0 Å². The van der Waals surface area contributed by atoms with E-state index in [2.05, 4.69) is 4.74 Å². The van der Waals surface area contributed by atoms with Gasteiger partial charge in [-0.05, 0) is 12.8 Å². The fraction of sp³-hybridized carbons (Fsp3) is 0.750. The van der Waals surface area contributed by atoms with Gasteiger partial charge in [0, 0.05) is 25.7 Å². The summed E-state index contributed by atoms with van der Waals surface area (Å²) in [5.74, 6) is -0.411. The maximum Gasteiger partial charge on any atom is 0.320 e. The van der Waals surface area contributed by atoms with Crippen molar-refractivity contribution in [2.75, 3.05) is 12.5 Å². The topological polar surface area (TPSA) is 60.4 Å². The van der Waals surface area contributed by atoms with Crippen molar-refractivity contribution in [3.05, 3.63) is 0 Å². The molecule has 0 aliphatic heterocycles. The standard InChI is InChI=1S/C12H19ClO4/c1-2-10(14)5-3-4-6-11(15)7-8-17-12(16)9-13/h2-9H2,1H3. The fourth-order valence-electron chi connectivity index (χ4n) is 1.26. The predicted octanol–water partition coefficient (Wildman–Crippen LogP) is 2.27. The third-order valence-corrected chi connectivity index (χ3v) is 2.53. The maximum atomic E-state index is 11.3. The summed E-state index contributed by atoms with van der Waals surface area (Å²) >= 11 is 5.22. The Morgan fingerprint density at radius 1 is 1.00 bits per heavy atom. The zero-order chi connectivity index (χ0) is 13.1. The summed E-state index contributed by atoms with van der Waals surface area (Å²) < 4.78 is 4.68. The monoisotopic (exact) mass is 262 g/mol. The highest BCUT2D eigenvalue weighted by Crippen LogP contribution is 2.04. The van der Waals surface area contributed by atoms with Crippen LogP contribution < -0.4 is 0 Å². The summed E-state index contributed by atoms with van der Waals surface area (Å²) in [5.41, 5.74) is 0. The van der Waals surface area contributed by atoms with E-state index >= 15 is 0 Å². The van der Waals surface area contributed by atoms with E-state index in [0.29, 0.717) is 25.7 Å². The lowest BCUT2D eigenvalue weighted by Crippen LogP contribution is -2.10. The number of ether oxygens (including phenoxy) is 1. The molecule has 0 atom stereocenters. The summed E-state index contributed by atoms with van der Waals surface area (Å²) in [4.78, 5) is 33.0. The molecule has 5 heteroatoms. The van der Waals surface area contributed by atoms with Crippen LogP contribution in [0.5, 0.6) is 0 Å². The van der Waals surface area contributed by atoms with Crippen molar-refractivity contribution >= 4 is 29.1 Å². The number of carbonyl (C=O) groups excluding carboxylic acids is 3. The van der Waals surface area contributed by atoms with Crippen LogP contribution in [0.25, 0.3) is 0 Å². The van der Waals surface area contributed by atoms with Gasteiger partial charge in [0.2, 0.25) is 0 Å². The number of halogens is 1. The highest BCUT2D eigenvalue weighted by atomic mass is 35.5. The summed E-state index contributed by atoms with van der Waals surface area (Å²) in [5, 5.41) is 0. The number of alkyl halides is 1. The van der Waals surface area contributed by atoms with Crippen LogP contribution in [0.4, 0.5) is 0 Å². The van der Waals surface area contributed by atoms with E-state index in [-0.39, 0.29) is 30.5 Å². The molecule has 0 radical (unpaired) electrons. The van der Waals surface area contributed by atoms with Gasteiger partial charge in [-0.15, -0.1) is 11.6 Å². The van der Waals surface area contributed by atoms with Crippen LogP contribution in [0.15, 0.2) is 0 Å². The van der Waals surface area contributed by atoms with Crippen LogP contribution in [0, 0.1) is 0 Å². The third-order valence-electron chi connectivity index (χ3n) is 2.31. The second kappa shape index (κ2) is 10.3. The Labute approximate surface area is 107 Å². The van der Waals surface area contributed by atoms with Gasteiger partial charge in [-0.3, -0.25) is 14.4 Å². The summed E-state index contributed by atoms with van der Waals surface area (Å²) in [6, 6.07) is 0. The normalized spacial score (nSPS) is 10.0. The lowest BCUT2D eigenvalue weighted by molar-refractivity contribution is -0.141. The van der Waals surface area contributed by atoms with E-state index in [1.807, 2.05) is 6.92 Å². The molecule has 98 valence electrons. The van der Waals surface area contributed by atoms with E-state index in [0.717, 1.165) is 6.42 Å². The van der Waals surface area contributed by atoms with Gasteiger partial charge in [0.15, 0.2) is 0 Å². The second-order valence-electron chi connectivity index (χ2n) is 3.74. The molecule has 4 nitrogen and oxygen atoms in total. The summed E-state index contributed by atoms with van der Waals surface area (Å²) in [6.45, 7) is 1.93. The molecule has 0 heterocycles. The van der Waals surface area contributed by atoms with Gasteiger partial charge in [0.25, 0.3) is 0 Å². The molecule has 0 saturated heterocycles. The largest absolute Gasteiger partial charge is 0.464 e. The Kier molecular flexibility index (Phi) is 9.72. The van der Waals surface area contributed by atoms with E-state index in [1.165, 1.54) is 0 Å². The number of unbranched alkanes of at least 4 members (excludes halogenated alkanes) is 1. The molecule has 0 aromatic carbocycles. The van der Waals surface area contributed by atoms with Crippen LogP contribution in [0.3, 0.4) is 0 Å². The Balaban J connectivity index is 3.41. The van der Waals surface area contributed by atoms with Crippen molar-refractivity contribution in [1.82, 2.24) is 0 Å². The predicted molar refractivity (Wildman–Crippen MR) is 65.1 cm³/mol. The van der Waals surface area contributed by atoms with Crippen LogP contribution in [-0.2, 0) is 19.1 Å². The van der Waals surface area contributed by atoms with Gasteiger partial charge in [0.1, 0.15) is 17.4 Å². The van der Waals surface area contributed by atoms with Crippen molar-refractivity contribution < 1.29 is 19.1 Å².